The molecule has 0 fully saturated rings. The maximum absolute atomic E-state index is 12.4. The average molecular weight is 425 g/mol. The summed E-state index contributed by atoms with van der Waals surface area (Å²) in [6.07, 6.45) is 1.59. The fourth-order valence-corrected chi connectivity index (χ4v) is 3.79. The van der Waals surface area contributed by atoms with Gasteiger partial charge in [0.1, 0.15) is 5.75 Å². The van der Waals surface area contributed by atoms with E-state index in [1.54, 1.807) is 23.6 Å². The fourth-order valence-electron chi connectivity index (χ4n) is 3.09. The minimum Gasteiger partial charge on any atom is -0.507 e. The molecule has 0 radical (unpaired) electrons. The normalized spacial score (nSPS) is 12.5. The first-order valence-corrected chi connectivity index (χ1v) is 10.7. The van der Waals surface area contributed by atoms with Crippen molar-refractivity contribution in [1.82, 2.24) is 15.6 Å². The van der Waals surface area contributed by atoms with Crippen LogP contribution in [0.1, 0.15) is 68.7 Å². The molecule has 0 aliphatic carbocycles. The molecule has 0 aliphatic heterocycles. The Morgan fingerprint density at radius 3 is 2.30 bits per heavy atom. The summed E-state index contributed by atoms with van der Waals surface area (Å²) in [5.41, 5.74) is 5.62. The number of aromatic amines is 1. The van der Waals surface area contributed by atoms with Gasteiger partial charge in [-0.15, -0.1) is 11.3 Å². The summed E-state index contributed by atoms with van der Waals surface area (Å²) in [5.74, 6) is -0.0787. The summed E-state index contributed by atoms with van der Waals surface area (Å²) in [6.45, 7) is 12.3. The summed E-state index contributed by atoms with van der Waals surface area (Å²) in [4.78, 5) is 13.4. The van der Waals surface area contributed by atoms with Gasteiger partial charge in [0.25, 0.3) is 5.91 Å². The molecule has 1 amide bonds. The lowest BCUT2D eigenvalue weighted by molar-refractivity contribution is 0.0950. The number of carbonyl (C=O) groups is 1. The van der Waals surface area contributed by atoms with Crippen LogP contribution in [0, 0.1) is 0 Å². The van der Waals surface area contributed by atoms with Gasteiger partial charge in [0.15, 0.2) is 5.69 Å². The van der Waals surface area contributed by atoms with E-state index < -0.39 is 5.91 Å². The van der Waals surface area contributed by atoms with Gasteiger partial charge < -0.3 is 5.11 Å². The third kappa shape index (κ3) is 4.79. The zero-order valence-electron chi connectivity index (χ0n) is 18.2. The number of rotatable bonds is 4. The topological polar surface area (TPSA) is 90.4 Å². The number of amides is 1. The molecule has 1 aromatic carbocycles. The van der Waals surface area contributed by atoms with Crippen molar-refractivity contribution < 1.29 is 9.90 Å². The zero-order valence-corrected chi connectivity index (χ0v) is 19.0. The molecule has 158 valence electrons. The third-order valence-electron chi connectivity index (χ3n) is 4.73. The van der Waals surface area contributed by atoms with Gasteiger partial charge in [-0.3, -0.25) is 9.89 Å². The number of phenols is 1. The lowest BCUT2D eigenvalue weighted by atomic mass is 9.78. The van der Waals surface area contributed by atoms with Gasteiger partial charge in [-0.25, -0.2) is 5.43 Å². The van der Waals surface area contributed by atoms with Crippen LogP contribution >= 0.6 is 11.3 Å². The molecule has 30 heavy (non-hydrogen) atoms. The largest absolute Gasteiger partial charge is 0.507 e. The van der Waals surface area contributed by atoms with Crippen LogP contribution in [0.25, 0.3) is 10.6 Å². The summed E-state index contributed by atoms with van der Waals surface area (Å²) < 4.78 is 0. The lowest BCUT2D eigenvalue weighted by Gasteiger charge is -2.27. The van der Waals surface area contributed by atoms with Crippen molar-refractivity contribution in [1.29, 1.82) is 0 Å². The Hall–Kier alpha value is -2.93. The van der Waals surface area contributed by atoms with Crippen molar-refractivity contribution in [2.45, 2.75) is 52.4 Å². The number of aromatic hydroxyl groups is 1. The minimum absolute atomic E-state index is 0.232. The van der Waals surface area contributed by atoms with Gasteiger partial charge in [0.2, 0.25) is 0 Å². The molecule has 0 saturated carbocycles. The Balaban J connectivity index is 1.81. The first-order valence-electron chi connectivity index (χ1n) is 9.77. The van der Waals surface area contributed by atoms with Crippen LogP contribution in [0.2, 0.25) is 0 Å². The van der Waals surface area contributed by atoms with E-state index >= 15 is 0 Å². The highest BCUT2D eigenvalue weighted by molar-refractivity contribution is 7.13. The molecular weight excluding hydrogens is 396 g/mol. The molecule has 0 bridgehead atoms. The summed E-state index contributed by atoms with van der Waals surface area (Å²) >= 11 is 1.57. The number of thiophene rings is 1. The molecule has 0 aliphatic rings. The third-order valence-corrected chi connectivity index (χ3v) is 5.63. The van der Waals surface area contributed by atoms with E-state index in [0.717, 1.165) is 27.3 Å². The molecule has 3 N–H and O–H groups in total. The zero-order chi connectivity index (χ0) is 22.1. The van der Waals surface area contributed by atoms with E-state index in [0.29, 0.717) is 5.75 Å². The van der Waals surface area contributed by atoms with Crippen LogP contribution in [-0.4, -0.2) is 27.4 Å². The minimum atomic E-state index is -0.392. The van der Waals surface area contributed by atoms with Crippen molar-refractivity contribution in [3.8, 4) is 16.3 Å². The molecule has 7 heteroatoms. The number of benzene rings is 1. The Morgan fingerprint density at radius 1 is 1.13 bits per heavy atom. The fraction of sp³-hybridized carbons (Fsp3) is 0.348. The highest BCUT2D eigenvalue weighted by Gasteiger charge is 2.26. The molecule has 6 nitrogen and oxygen atoms in total. The quantitative estimate of drug-likeness (QED) is 0.397. The van der Waals surface area contributed by atoms with E-state index in [-0.39, 0.29) is 16.5 Å². The van der Waals surface area contributed by atoms with E-state index in [4.69, 9.17) is 0 Å². The highest BCUT2D eigenvalue weighted by atomic mass is 32.1. The van der Waals surface area contributed by atoms with Crippen LogP contribution in [0.4, 0.5) is 0 Å². The van der Waals surface area contributed by atoms with Crippen molar-refractivity contribution in [2.24, 2.45) is 5.10 Å². The Labute approximate surface area is 181 Å². The van der Waals surface area contributed by atoms with E-state index in [9.17, 15) is 9.90 Å². The molecule has 2 heterocycles. The second kappa shape index (κ2) is 8.07. The maximum Gasteiger partial charge on any atom is 0.291 e. The van der Waals surface area contributed by atoms with Gasteiger partial charge in [0.05, 0.1) is 16.8 Å². The summed E-state index contributed by atoms with van der Waals surface area (Å²) in [5, 5.41) is 23.8. The van der Waals surface area contributed by atoms with E-state index in [2.05, 4.69) is 62.3 Å². The second-order valence-electron chi connectivity index (χ2n) is 9.31. The molecule has 2 aromatic heterocycles. The van der Waals surface area contributed by atoms with Crippen LogP contribution in [0.15, 0.2) is 40.8 Å². The molecule has 0 saturated heterocycles. The van der Waals surface area contributed by atoms with Crippen molar-refractivity contribution in [2.75, 3.05) is 0 Å². The van der Waals surface area contributed by atoms with Gasteiger partial charge in [-0.05, 0) is 46.0 Å². The second-order valence-corrected chi connectivity index (χ2v) is 10.3. The Bertz CT molecular complexity index is 1030. The number of carbonyl (C=O) groups excluding carboxylic acids is 1. The molecule has 0 spiro atoms. The van der Waals surface area contributed by atoms with Crippen LogP contribution < -0.4 is 5.43 Å². The number of H-pyrrole nitrogens is 1. The molecule has 0 unspecified atom stereocenters. The van der Waals surface area contributed by atoms with Crippen LogP contribution in [0.5, 0.6) is 5.75 Å². The smallest absolute Gasteiger partial charge is 0.291 e. The van der Waals surface area contributed by atoms with Crippen molar-refractivity contribution >= 4 is 23.5 Å². The number of aromatic nitrogens is 2. The van der Waals surface area contributed by atoms with Gasteiger partial charge in [-0.2, -0.15) is 10.2 Å². The number of nitrogens with zero attached hydrogens (tertiary/aromatic N) is 2. The van der Waals surface area contributed by atoms with Crippen molar-refractivity contribution in [3.05, 3.63) is 58.1 Å². The molecule has 3 aromatic rings. The standard InChI is InChI=1S/C23H28N4O2S/c1-22(2,3)15-10-14(11-16(20(15)28)23(4,5)6)13-24-27-21(29)18-12-17(25-26-18)19-8-7-9-30-19/h7-13,28H,1-6H3,(H,25,26)(H,27,29)/b24-13+. The SMILES string of the molecule is CC(C)(C)c1cc(/C=N/NC(=O)c2cc(-c3cccs3)[nH]n2)cc(C(C)(C)C)c1O. The number of hydrazone groups is 1. The number of hydrogen-bond donors (Lipinski definition) is 3. The monoisotopic (exact) mass is 424 g/mol. The first-order chi connectivity index (χ1) is 14.0. The maximum atomic E-state index is 12.4. The number of phenolic OH excluding ortho intramolecular Hbond substituents is 1. The van der Waals surface area contributed by atoms with Crippen molar-refractivity contribution in [3.63, 3.8) is 0 Å². The van der Waals surface area contributed by atoms with Gasteiger partial charge in [0, 0.05) is 11.1 Å². The molecule has 3 rings (SSSR count). The van der Waals surface area contributed by atoms with E-state index in [1.165, 1.54) is 0 Å². The van der Waals surface area contributed by atoms with Crippen LogP contribution in [-0.2, 0) is 10.8 Å². The molecular formula is C23H28N4O2S. The molecule has 0 atom stereocenters. The number of hydrogen-bond acceptors (Lipinski definition) is 5. The summed E-state index contributed by atoms with van der Waals surface area (Å²) in [7, 11) is 0. The lowest BCUT2D eigenvalue weighted by Crippen LogP contribution is -2.19. The predicted molar refractivity (Wildman–Crippen MR) is 122 cm³/mol. The first kappa shape index (κ1) is 21.8. The highest BCUT2D eigenvalue weighted by Crippen LogP contribution is 2.39. The van der Waals surface area contributed by atoms with E-state index in [1.807, 2.05) is 29.6 Å². The number of nitrogens with one attached hydrogen (secondary N) is 2. The van der Waals surface area contributed by atoms with Crippen LogP contribution in [0.3, 0.4) is 0 Å². The van der Waals surface area contributed by atoms with Gasteiger partial charge >= 0.3 is 0 Å². The summed E-state index contributed by atoms with van der Waals surface area (Å²) in [6, 6.07) is 9.42. The Morgan fingerprint density at radius 2 is 1.77 bits per heavy atom. The Kier molecular flexibility index (Phi) is 5.85. The van der Waals surface area contributed by atoms with Gasteiger partial charge in [-0.1, -0.05) is 47.6 Å². The average Bonchev–Trinajstić information content (AvgIpc) is 3.32. The predicted octanol–water partition coefficient (Wildman–Crippen LogP) is 5.20.